The zero-order valence-electron chi connectivity index (χ0n) is 13.4. The van der Waals surface area contributed by atoms with Crippen LogP contribution in [0.3, 0.4) is 0 Å². The van der Waals surface area contributed by atoms with Crippen LogP contribution < -0.4 is 0 Å². The molecule has 1 aliphatic rings. The van der Waals surface area contributed by atoms with E-state index >= 15 is 0 Å². The molecule has 0 saturated carbocycles. The Morgan fingerprint density at radius 3 is 2.58 bits per heavy atom. The Kier molecular flexibility index (Phi) is 3.45. The largest absolute Gasteiger partial charge is 0.511 e. The summed E-state index contributed by atoms with van der Waals surface area (Å²) >= 11 is 0. The standard InChI is InChI=1S/C20H18N2O2/c1-12-6-2-3-7-14(12)13-10-17(23)19(18(24)11-13)20-21-15-8-4-5-9-16(15)22-20/h2-9,13,23H,10-11H2,1H3,(H,21,22). The lowest BCUT2D eigenvalue weighted by Crippen LogP contribution is -2.19. The lowest BCUT2D eigenvalue weighted by Gasteiger charge is -2.24. The normalized spacial score (nSPS) is 18.4. The molecule has 0 bridgehead atoms. The number of aryl methyl sites for hydroxylation is 1. The number of aliphatic hydroxyl groups is 1. The molecule has 24 heavy (non-hydrogen) atoms. The van der Waals surface area contributed by atoms with Gasteiger partial charge >= 0.3 is 0 Å². The van der Waals surface area contributed by atoms with E-state index in [-0.39, 0.29) is 17.5 Å². The summed E-state index contributed by atoms with van der Waals surface area (Å²) < 4.78 is 0. The summed E-state index contributed by atoms with van der Waals surface area (Å²) in [5.41, 5.74) is 4.26. The van der Waals surface area contributed by atoms with Gasteiger partial charge in [-0.2, -0.15) is 0 Å². The lowest BCUT2D eigenvalue weighted by molar-refractivity contribution is -0.114. The molecule has 2 aromatic carbocycles. The minimum atomic E-state index is -0.0638. The van der Waals surface area contributed by atoms with Crippen molar-refractivity contribution in [3.05, 3.63) is 71.2 Å². The Hall–Kier alpha value is -2.88. The number of aliphatic hydroxyl groups excluding tert-OH is 1. The van der Waals surface area contributed by atoms with E-state index in [1.165, 1.54) is 0 Å². The number of hydrogen-bond donors (Lipinski definition) is 2. The van der Waals surface area contributed by atoms with Crippen LogP contribution in [0.2, 0.25) is 0 Å². The molecule has 3 aromatic rings. The van der Waals surface area contributed by atoms with Crippen molar-refractivity contribution in [2.75, 3.05) is 0 Å². The van der Waals surface area contributed by atoms with Gasteiger partial charge in [-0.05, 0) is 36.1 Å². The fourth-order valence-electron chi connectivity index (χ4n) is 3.50. The summed E-state index contributed by atoms with van der Waals surface area (Å²) in [5.74, 6) is 0.540. The van der Waals surface area contributed by atoms with Gasteiger partial charge in [-0.1, -0.05) is 36.4 Å². The molecule has 120 valence electrons. The number of imidazole rings is 1. The number of allylic oxidation sites excluding steroid dienone is 2. The van der Waals surface area contributed by atoms with E-state index in [0.29, 0.717) is 24.2 Å². The van der Waals surface area contributed by atoms with E-state index in [9.17, 15) is 9.90 Å². The number of ketones is 1. The molecule has 4 nitrogen and oxygen atoms in total. The van der Waals surface area contributed by atoms with Gasteiger partial charge in [0.25, 0.3) is 0 Å². The Balaban J connectivity index is 1.73. The molecule has 1 heterocycles. The quantitative estimate of drug-likeness (QED) is 0.741. The highest BCUT2D eigenvalue weighted by atomic mass is 16.3. The van der Waals surface area contributed by atoms with E-state index in [0.717, 1.165) is 22.2 Å². The number of para-hydroxylation sites is 2. The van der Waals surface area contributed by atoms with E-state index in [1.807, 2.05) is 55.5 Å². The summed E-state index contributed by atoms with van der Waals surface area (Å²) in [5, 5.41) is 10.5. The molecular weight excluding hydrogens is 300 g/mol. The van der Waals surface area contributed by atoms with Crippen LogP contribution in [0.1, 0.15) is 35.7 Å². The second-order valence-electron chi connectivity index (χ2n) is 6.31. The van der Waals surface area contributed by atoms with Crippen LogP contribution in [0.15, 0.2) is 54.3 Å². The highest BCUT2D eigenvalue weighted by Crippen LogP contribution is 2.37. The molecule has 2 N–H and O–H groups in total. The summed E-state index contributed by atoms with van der Waals surface area (Å²) in [6.45, 7) is 2.04. The fraction of sp³-hybridized carbons (Fsp3) is 0.200. The monoisotopic (exact) mass is 318 g/mol. The molecule has 0 radical (unpaired) electrons. The number of nitrogens with one attached hydrogen (secondary N) is 1. The van der Waals surface area contributed by atoms with E-state index in [4.69, 9.17) is 0 Å². The van der Waals surface area contributed by atoms with E-state index < -0.39 is 0 Å². The Morgan fingerprint density at radius 1 is 1.08 bits per heavy atom. The van der Waals surface area contributed by atoms with Crippen molar-refractivity contribution in [2.24, 2.45) is 0 Å². The molecule has 0 saturated heterocycles. The number of fused-ring (bicyclic) bond motifs is 1. The number of H-pyrrole nitrogens is 1. The molecule has 1 aromatic heterocycles. The number of aromatic amines is 1. The number of rotatable bonds is 2. The Morgan fingerprint density at radius 2 is 1.83 bits per heavy atom. The van der Waals surface area contributed by atoms with Crippen LogP contribution in [-0.4, -0.2) is 20.9 Å². The summed E-state index contributed by atoms with van der Waals surface area (Å²) in [6.07, 6.45) is 0.851. The number of carbonyl (C=O) groups excluding carboxylic acids is 1. The van der Waals surface area contributed by atoms with Gasteiger partial charge in [0.1, 0.15) is 11.6 Å². The minimum absolute atomic E-state index is 0.0202. The van der Waals surface area contributed by atoms with Crippen molar-refractivity contribution in [1.82, 2.24) is 9.97 Å². The number of hydrogen-bond acceptors (Lipinski definition) is 3. The Bertz CT molecular complexity index is 935. The van der Waals surface area contributed by atoms with Crippen molar-refractivity contribution in [3.8, 4) is 0 Å². The molecule has 0 aliphatic heterocycles. The first-order valence-corrected chi connectivity index (χ1v) is 8.09. The first-order chi connectivity index (χ1) is 11.6. The average molecular weight is 318 g/mol. The minimum Gasteiger partial charge on any atom is -0.511 e. The average Bonchev–Trinajstić information content (AvgIpc) is 2.98. The predicted molar refractivity (Wildman–Crippen MR) is 93.8 cm³/mol. The van der Waals surface area contributed by atoms with Crippen LogP contribution >= 0.6 is 0 Å². The highest BCUT2D eigenvalue weighted by molar-refractivity contribution is 6.21. The van der Waals surface area contributed by atoms with Crippen LogP contribution in [-0.2, 0) is 4.79 Å². The first-order valence-electron chi connectivity index (χ1n) is 8.09. The van der Waals surface area contributed by atoms with Crippen LogP contribution in [0.4, 0.5) is 0 Å². The van der Waals surface area contributed by atoms with Crippen molar-refractivity contribution < 1.29 is 9.90 Å². The molecule has 1 unspecified atom stereocenters. The molecule has 1 aliphatic carbocycles. The number of benzene rings is 2. The van der Waals surface area contributed by atoms with Crippen LogP contribution in [0.5, 0.6) is 0 Å². The number of carbonyl (C=O) groups is 1. The predicted octanol–water partition coefficient (Wildman–Crippen LogP) is 4.29. The lowest BCUT2D eigenvalue weighted by atomic mass is 9.81. The third kappa shape index (κ3) is 2.40. The third-order valence-corrected chi connectivity index (χ3v) is 4.69. The molecule has 4 heteroatoms. The number of nitrogens with zero attached hydrogens (tertiary/aromatic N) is 1. The molecule has 0 fully saturated rings. The topological polar surface area (TPSA) is 66.0 Å². The SMILES string of the molecule is Cc1ccccc1C1CC(=O)C(c2nc3ccccc3[nH]2)=C(O)C1. The number of aromatic nitrogens is 2. The van der Waals surface area contributed by atoms with Gasteiger partial charge < -0.3 is 10.1 Å². The molecule has 0 amide bonds. The van der Waals surface area contributed by atoms with Crippen LogP contribution in [0, 0.1) is 6.92 Å². The fourth-order valence-corrected chi connectivity index (χ4v) is 3.50. The maximum Gasteiger partial charge on any atom is 0.170 e. The van der Waals surface area contributed by atoms with Crippen LogP contribution in [0.25, 0.3) is 16.6 Å². The van der Waals surface area contributed by atoms with Crippen molar-refractivity contribution >= 4 is 22.4 Å². The summed E-state index contributed by atoms with van der Waals surface area (Å²) in [6, 6.07) is 15.6. The van der Waals surface area contributed by atoms with Crippen molar-refractivity contribution in [3.63, 3.8) is 0 Å². The first kappa shape index (κ1) is 14.7. The second kappa shape index (κ2) is 5.64. The second-order valence-corrected chi connectivity index (χ2v) is 6.31. The number of Topliss-reactive ketones (excluding diaryl/α,β-unsaturated/α-hetero) is 1. The zero-order valence-corrected chi connectivity index (χ0v) is 13.4. The highest BCUT2D eigenvalue weighted by Gasteiger charge is 2.31. The zero-order chi connectivity index (χ0) is 16.7. The maximum absolute atomic E-state index is 12.7. The molecule has 4 rings (SSSR count). The van der Waals surface area contributed by atoms with Gasteiger partial charge in [0.05, 0.1) is 16.6 Å². The molecule has 0 spiro atoms. The third-order valence-electron chi connectivity index (χ3n) is 4.69. The van der Waals surface area contributed by atoms with Gasteiger partial charge in [-0.15, -0.1) is 0 Å². The van der Waals surface area contributed by atoms with Gasteiger partial charge in [0.15, 0.2) is 5.78 Å². The van der Waals surface area contributed by atoms with Gasteiger partial charge in [0.2, 0.25) is 0 Å². The van der Waals surface area contributed by atoms with E-state index in [1.54, 1.807) is 0 Å². The van der Waals surface area contributed by atoms with Crippen molar-refractivity contribution in [2.45, 2.75) is 25.7 Å². The summed E-state index contributed by atoms with van der Waals surface area (Å²) in [4.78, 5) is 20.3. The summed E-state index contributed by atoms with van der Waals surface area (Å²) in [7, 11) is 0. The van der Waals surface area contributed by atoms with Crippen molar-refractivity contribution in [1.29, 1.82) is 0 Å². The van der Waals surface area contributed by atoms with Gasteiger partial charge in [-0.3, -0.25) is 4.79 Å². The Labute approximate surface area is 139 Å². The van der Waals surface area contributed by atoms with Gasteiger partial charge in [0, 0.05) is 12.8 Å². The van der Waals surface area contributed by atoms with E-state index in [2.05, 4.69) is 9.97 Å². The maximum atomic E-state index is 12.7. The molecule has 1 atom stereocenters. The molecular formula is C20H18N2O2. The van der Waals surface area contributed by atoms with Gasteiger partial charge in [-0.25, -0.2) is 4.98 Å². The smallest absolute Gasteiger partial charge is 0.170 e.